The van der Waals surface area contributed by atoms with Crippen molar-refractivity contribution in [2.45, 2.75) is 20.4 Å². The summed E-state index contributed by atoms with van der Waals surface area (Å²) in [5, 5.41) is 7.13. The Morgan fingerprint density at radius 1 is 1.53 bits per heavy atom. The summed E-state index contributed by atoms with van der Waals surface area (Å²) < 4.78 is 1.81. The van der Waals surface area contributed by atoms with Gasteiger partial charge in [-0.05, 0) is 13.8 Å². The van der Waals surface area contributed by atoms with E-state index in [-0.39, 0.29) is 5.91 Å². The van der Waals surface area contributed by atoms with Gasteiger partial charge >= 0.3 is 0 Å². The zero-order chi connectivity index (χ0) is 12.4. The molecule has 6 nitrogen and oxygen atoms in total. The molecule has 0 radical (unpaired) electrons. The van der Waals surface area contributed by atoms with E-state index in [0.29, 0.717) is 12.2 Å². The SMILES string of the molecule is Cc1nn(C)c(C)c1CNC(=O)c1cnc[nH]1. The second-order valence-corrected chi connectivity index (χ2v) is 3.92. The summed E-state index contributed by atoms with van der Waals surface area (Å²) in [5.41, 5.74) is 3.52. The second-order valence-electron chi connectivity index (χ2n) is 3.92. The molecule has 2 heterocycles. The van der Waals surface area contributed by atoms with E-state index < -0.39 is 0 Å². The highest BCUT2D eigenvalue weighted by atomic mass is 16.1. The number of nitrogens with one attached hydrogen (secondary N) is 2. The third kappa shape index (κ3) is 2.20. The average molecular weight is 233 g/mol. The molecule has 0 atom stereocenters. The van der Waals surface area contributed by atoms with E-state index in [1.54, 1.807) is 0 Å². The predicted octanol–water partition coefficient (Wildman–Crippen LogP) is 0.690. The van der Waals surface area contributed by atoms with Gasteiger partial charge in [0, 0.05) is 24.8 Å². The van der Waals surface area contributed by atoms with E-state index >= 15 is 0 Å². The van der Waals surface area contributed by atoms with E-state index in [1.165, 1.54) is 12.5 Å². The Bertz CT molecular complexity index is 526. The van der Waals surface area contributed by atoms with Crippen LogP contribution in [0, 0.1) is 13.8 Å². The van der Waals surface area contributed by atoms with Crippen molar-refractivity contribution in [3.8, 4) is 0 Å². The summed E-state index contributed by atoms with van der Waals surface area (Å²) in [6, 6.07) is 0. The number of aromatic amines is 1. The molecule has 0 spiro atoms. The largest absolute Gasteiger partial charge is 0.347 e. The van der Waals surface area contributed by atoms with Crippen molar-refractivity contribution >= 4 is 5.91 Å². The highest BCUT2D eigenvalue weighted by Gasteiger charge is 2.11. The molecule has 2 rings (SSSR count). The summed E-state index contributed by atoms with van der Waals surface area (Å²) >= 11 is 0. The van der Waals surface area contributed by atoms with Gasteiger partial charge in [-0.25, -0.2) is 4.98 Å². The summed E-state index contributed by atoms with van der Waals surface area (Å²) in [7, 11) is 1.89. The number of carbonyl (C=O) groups is 1. The number of nitrogens with zero attached hydrogens (tertiary/aromatic N) is 3. The number of carbonyl (C=O) groups excluding carboxylic acids is 1. The van der Waals surface area contributed by atoms with Crippen molar-refractivity contribution < 1.29 is 4.79 Å². The van der Waals surface area contributed by atoms with Crippen molar-refractivity contribution in [2.24, 2.45) is 7.05 Å². The number of H-pyrrole nitrogens is 1. The Labute approximate surface area is 99.1 Å². The lowest BCUT2D eigenvalue weighted by molar-refractivity contribution is 0.0946. The lowest BCUT2D eigenvalue weighted by Crippen LogP contribution is -2.23. The Morgan fingerprint density at radius 3 is 2.82 bits per heavy atom. The molecule has 0 aliphatic heterocycles. The minimum atomic E-state index is -0.162. The van der Waals surface area contributed by atoms with E-state index in [0.717, 1.165) is 17.0 Å². The average Bonchev–Trinajstić information content (AvgIpc) is 2.88. The molecule has 0 saturated heterocycles. The first-order chi connectivity index (χ1) is 8.09. The van der Waals surface area contributed by atoms with Gasteiger partial charge in [-0.3, -0.25) is 9.48 Å². The topological polar surface area (TPSA) is 75.6 Å². The lowest BCUT2D eigenvalue weighted by atomic mass is 10.2. The first-order valence-corrected chi connectivity index (χ1v) is 5.35. The van der Waals surface area contributed by atoms with Gasteiger partial charge in [-0.2, -0.15) is 5.10 Å². The third-order valence-corrected chi connectivity index (χ3v) is 2.83. The van der Waals surface area contributed by atoms with Gasteiger partial charge in [-0.1, -0.05) is 0 Å². The second kappa shape index (κ2) is 4.40. The maximum Gasteiger partial charge on any atom is 0.269 e. The van der Waals surface area contributed by atoms with Gasteiger partial charge < -0.3 is 10.3 Å². The smallest absolute Gasteiger partial charge is 0.269 e. The molecule has 6 heteroatoms. The van der Waals surface area contributed by atoms with Crippen molar-refractivity contribution in [1.82, 2.24) is 25.1 Å². The molecule has 0 saturated carbocycles. The van der Waals surface area contributed by atoms with Gasteiger partial charge in [0.05, 0.1) is 18.2 Å². The van der Waals surface area contributed by atoms with E-state index in [9.17, 15) is 4.79 Å². The van der Waals surface area contributed by atoms with Crippen molar-refractivity contribution in [3.05, 3.63) is 35.2 Å². The van der Waals surface area contributed by atoms with Crippen LogP contribution in [0.1, 0.15) is 27.4 Å². The minimum absolute atomic E-state index is 0.162. The molecule has 0 bridgehead atoms. The Morgan fingerprint density at radius 2 is 2.29 bits per heavy atom. The molecule has 0 unspecified atom stereocenters. The van der Waals surface area contributed by atoms with Crippen LogP contribution < -0.4 is 5.32 Å². The number of rotatable bonds is 3. The number of aryl methyl sites for hydroxylation is 2. The zero-order valence-electron chi connectivity index (χ0n) is 10.1. The fraction of sp³-hybridized carbons (Fsp3) is 0.364. The van der Waals surface area contributed by atoms with Crippen molar-refractivity contribution in [2.75, 3.05) is 0 Å². The van der Waals surface area contributed by atoms with Crippen LogP contribution in [0.2, 0.25) is 0 Å². The van der Waals surface area contributed by atoms with E-state index in [4.69, 9.17) is 0 Å². The molecule has 2 N–H and O–H groups in total. The number of aromatic nitrogens is 4. The Balaban J connectivity index is 2.05. The summed E-state index contributed by atoms with van der Waals surface area (Å²) in [6.07, 6.45) is 2.98. The number of amides is 1. The van der Waals surface area contributed by atoms with Crippen LogP contribution in [0.25, 0.3) is 0 Å². The third-order valence-electron chi connectivity index (χ3n) is 2.83. The minimum Gasteiger partial charge on any atom is -0.347 e. The summed E-state index contributed by atoms with van der Waals surface area (Å²) in [4.78, 5) is 18.3. The van der Waals surface area contributed by atoms with Crippen molar-refractivity contribution in [3.63, 3.8) is 0 Å². The molecule has 17 heavy (non-hydrogen) atoms. The quantitative estimate of drug-likeness (QED) is 0.819. The highest BCUT2D eigenvalue weighted by molar-refractivity contribution is 5.91. The molecule has 0 aliphatic carbocycles. The van der Waals surface area contributed by atoms with Gasteiger partial charge in [0.15, 0.2) is 0 Å². The Hall–Kier alpha value is -2.11. The molecule has 2 aromatic rings. The monoisotopic (exact) mass is 233 g/mol. The first kappa shape index (κ1) is 11.4. The van der Waals surface area contributed by atoms with E-state index in [2.05, 4.69) is 20.4 Å². The first-order valence-electron chi connectivity index (χ1n) is 5.35. The standard InChI is InChI=1S/C11H15N5O/c1-7-9(8(2)16(3)15-7)4-13-11(17)10-5-12-6-14-10/h5-6H,4H2,1-3H3,(H,12,14)(H,13,17). The number of hydrogen-bond donors (Lipinski definition) is 2. The predicted molar refractivity (Wildman–Crippen MR) is 62.4 cm³/mol. The van der Waals surface area contributed by atoms with E-state index in [1.807, 2.05) is 25.6 Å². The van der Waals surface area contributed by atoms with Crippen LogP contribution in [-0.2, 0) is 13.6 Å². The van der Waals surface area contributed by atoms with Crippen LogP contribution in [-0.4, -0.2) is 25.7 Å². The normalized spacial score (nSPS) is 10.5. The van der Waals surface area contributed by atoms with Crippen LogP contribution in [0.4, 0.5) is 0 Å². The fourth-order valence-electron chi connectivity index (χ4n) is 1.72. The van der Waals surface area contributed by atoms with Crippen molar-refractivity contribution in [1.29, 1.82) is 0 Å². The summed E-state index contributed by atoms with van der Waals surface area (Å²) in [5.74, 6) is -0.162. The highest BCUT2D eigenvalue weighted by Crippen LogP contribution is 2.11. The molecule has 0 aliphatic rings. The van der Waals surface area contributed by atoms with Gasteiger partial charge in [-0.15, -0.1) is 0 Å². The van der Waals surface area contributed by atoms with Gasteiger partial charge in [0.2, 0.25) is 0 Å². The molecule has 90 valence electrons. The van der Waals surface area contributed by atoms with Crippen LogP contribution in [0.15, 0.2) is 12.5 Å². The molecule has 0 aromatic carbocycles. The molecule has 1 amide bonds. The molecule has 2 aromatic heterocycles. The van der Waals surface area contributed by atoms with Crippen LogP contribution in [0.3, 0.4) is 0 Å². The fourth-order valence-corrected chi connectivity index (χ4v) is 1.72. The lowest BCUT2D eigenvalue weighted by Gasteiger charge is -2.04. The summed E-state index contributed by atoms with van der Waals surface area (Å²) in [6.45, 7) is 4.39. The maximum atomic E-state index is 11.7. The zero-order valence-corrected chi connectivity index (χ0v) is 10.1. The Kier molecular flexibility index (Phi) is 2.95. The van der Waals surface area contributed by atoms with Gasteiger partial charge in [0.1, 0.15) is 5.69 Å². The van der Waals surface area contributed by atoms with Crippen LogP contribution >= 0.6 is 0 Å². The van der Waals surface area contributed by atoms with Gasteiger partial charge in [0.25, 0.3) is 5.91 Å². The molecule has 0 fully saturated rings. The molecular weight excluding hydrogens is 218 g/mol. The maximum absolute atomic E-state index is 11.7. The number of imidazole rings is 1. The molecular formula is C11H15N5O. The van der Waals surface area contributed by atoms with Crippen LogP contribution in [0.5, 0.6) is 0 Å². The number of hydrogen-bond acceptors (Lipinski definition) is 3.